The molecule has 0 aromatic heterocycles. The van der Waals surface area contributed by atoms with E-state index in [9.17, 15) is 24.3 Å². The minimum Gasteiger partial charge on any atom is -0.478 e. The van der Waals surface area contributed by atoms with Crippen LogP contribution in [0.4, 0.5) is 11.4 Å². The predicted octanol–water partition coefficient (Wildman–Crippen LogP) is 8.70. The molecule has 3 amide bonds. The summed E-state index contributed by atoms with van der Waals surface area (Å²) < 4.78 is 0. The van der Waals surface area contributed by atoms with Crippen molar-refractivity contribution in [2.45, 2.75) is 36.8 Å². The van der Waals surface area contributed by atoms with E-state index in [1.54, 1.807) is 67.6 Å². The van der Waals surface area contributed by atoms with Gasteiger partial charge < -0.3 is 21.1 Å². The van der Waals surface area contributed by atoms with Crippen LogP contribution in [0.25, 0.3) is 6.08 Å². The number of thioether (sulfide) groups is 1. The summed E-state index contributed by atoms with van der Waals surface area (Å²) in [6.45, 7) is 6.01. The Morgan fingerprint density at radius 2 is 1.34 bits per heavy atom. The Kier molecular flexibility index (Phi) is 11.6. The summed E-state index contributed by atoms with van der Waals surface area (Å²) in [4.78, 5) is 52.6. The minimum absolute atomic E-state index is 0.0779. The molecule has 8 nitrogen and oxygen atoms in total. The van der Waals surface area contributed by atoms with E-state index >= 15 is 0 Å². The minimum atomic E-state index is -1.08. The molecule has 5 rings (SSSR count). The second kappa shape index (κ2) is 16.5. The number of carboxylic acid groups (broad SMARTS) is 1. The molecule has 0 aliphatic rings. The normalized spacial score (nSPS) is 11.8. The molecule has 0 aliphatic carbocycles. The lowest BCUT2D eigenvalue weighted by molar-refractivity contribution is -0.116. The molecule has 0 fully saturated rings. The van der Waals surface area contributed by atoms with Gasteiger partial charge in [0.05, 0.1) is 5.56 Å². The predicted molar refractivity (Wildman–Crippen MR) is 199 cm³/mol. The molecule has 0 aliphatic heterocycles. The van der Waals surface area contributed by atoms with Gasteiger partial charge in [0.1, 0.15) is 10.9 Å². The Morgan fingerprint density at radius 3 is 1.96 bits per heavy atom. The molecule has 1 unspecified atom stereocenters. The number of nitrogens with one attached hydrogen (secondary N) is 3. The Morgan fingerprint density at radius 1 is 0.700 bits per heavy atom. The van der Waals surface area contributed by atoms with Crippen molar-refractivity contribution in [1.29, 1.82) is 0 Å². The summed E-state index contributed by atoms with van der Waals surface area (Å²) in [5.74, 6) is -1.94. The van der Waals surface area contributed by atoms with Gasteiger partial charge in [-0.1, -0.05) is 92.7 Å². The van der Waals surface area contributed by atoms with Gasteiger partial charge in [-0.25, -0.2) is 4.79 Å². The zero-order valence-electron chi connectivity index (χ0n) is 27.8. The first-order valence-corrected chi connectivity index (χ1v) is 16.9. The highest BCUT2D eigenvalue weighted by Crippen LogP contribution is 2.37. The van der Waals surface area contributed by atoms with E-state index in [0.29, 0.717) is 22.9 Å². The summed E-state index contributed by atoms with van der Waals surface area (Å²) in [5.41, 5.74) is 4.93. The van der Waals surface area contributed by atoms with Crippen molar-refractivity contribution in [3.63, 3.8) is 0 Å². The Bertz CT molecular complexity index is 2010. The molecule has 5 aromatic rings. The quantitative estimate of drug-likeness (QED) is 0.0771. The molecule has 0 spiro atoms. The topological polar surface area (TPSA) is 125 Å². The first-order chi connectivity index (χ1) is 24.1. The van der Waals surface area contributed by atoms with Crippen molar-refractivity contribution in [2.75, 3.05) is 10.6 Å². The number of benzene rings is 5. The average Bonchev–Trinajstić information content (AvgIpc) is 3.12. The number of hydrogen-bond acceptors (Lipinski definition) is 5. The maximum absolute atomic E-state index is 13.7. The number of aromatic carboxylic acids is 1. The van der Waals surface area contributed by atoms with Gasteiger partial charge >= 0.3 is 5.97 Å². The van der Waals surface area contributed by atoms with Crippen LogP contribution in [0.3, 0.4) is 0 Å². The van der Waals surface area contributed by atoms with Crippen molar-refractivity contribution in [1.82, 2.24) is 5.32 Å². The van der Waals surface area contributed by atoms with Crippen LogP contribution in [0.15, 0.2) is 138 Å². The van der Waals surface area contributed by atoms with Crippen molar-refractivity contribution < 1.29 is 24.3 Å². The molecule has 5 aromatic carbocycles. The van der Waals surface area contributed by atoms with Gasteiger partial charge in [-0.2, -0.15) is 0 Å². The van der Waals surface area contributed by atoms with Gasteiger partial charge in [-0.05, 0) is 89.7 Å². The van der Waals surface area contributed by atoms with Crippen LogP contribution >= 0.6 is 11.8 Å². The van der Waals surface area contributed by atoms with E-state index in [0.717, 1.165) is 27.1 Å². The zero-order valence-corrected chi connectivity index (χ0v) is 28.7. The SMILES string of the molecule is Cc1ccc(C(=O)O)cc1NC(=O)C(Sc1ccc(NC(=O)/C(=C/c2ccc(C(C)C)cc2)NC(=O)c2ccccc2)cc1)c1ccccc1. The standard InChI is InChI=1S/C41H37N3O5S/c1-26(2)29-18-15-28(16-19-29)24-36(44-38(45)31-12-8-5-9-13-31)39(46)42-33-20-22-34(23-21-33)50-37(30-10-6-4-7-11-30)40(47)43-35-25-32(41(48)49)17-14-27(35)3/h4-26,37H,1-3H3,(H,42,46)(H,43,47)(H,44,45)(H,48,49)/b36-24-. The number of aryl methyl sites for hydroxylation is 1. The van der Waals surface area contributed by atoms with Crippen LogP contribution in [0.2, 0.25) is 0 Å². The maximum Gasteiger partial charge on any atom is 0.335 e. The molecule has 0 saturated heterocycles. The third kappa shape index (κ3) is 9.36. The van der Waals surface area contributed by atoms with Crippen LogP contribution < -0.4 is 16.0 Å². The van der Waals surface area contributed by atoms with Gasteiger partial charge in [0, 0.05) is 21.8 Å². The van der Waals surface area contributed by atoms with Crippen LogP contribution in [-0.2, 0) is 9.59 Å². The number of carboxylic acids is 1. The highest BCUT2D eigenvalue weighted by molar-refractivity contribution is 8.00. The summed E-state index contributed by atoms with van der Waals surface area (Å²) in [6.07, 6.45) is 1.64. The fourth-order valence-electron chi connectivity index (χ4n) is 5.03. The van der Waals surface area contributed by atoms with E-state index in [4.69, 9.17) is 0 Å². The molecule has 1 atom stereocenters. The maximum atomic E-state index is 13.7. The largest absolute Gasteiger partial charge is 0.478 e. The molecular weight excluding hydrogens is 647 g/mol. The number of hydrogen-bond donors (Lipinski definition) is 4. The summed E-state index contributed by atoms with van der Waals surface area (Å²) in [7, 11) is 0. The van der Waals surface area contributed by atoms with Crippen LogP contribution in [0.1, 0.15) is 68.0 Å². The molecule has 0 saturated carbocycles. The molecular formula is C41H37N3O5S. The van der Waals surface area contributed by atoms with Crippen LogP contribution in [0, 0.1) is 6.92 Å². The smallest absolute Gasteiger partial charge is 0.335 e. The lowest BCUT2D eigenvalue weighted by atomic mass is 10.0. The Labute approximate surface area is 295 Å². The third-order valence-electron chi connectivity index (χ3n) is 7.89. The number of amides is 3. The number of rotatable bonds is 12. The monoisotopic (exact) mass is 683 g/mol. The lowest BCUT2D eigenvalue weighted by Gasteiger charge is -2.18. The van der Waals surface area contributed by atoms with Crippen molar-refractivity contribution in [3.8, 4) is 0 Å². The number of carbonyl (C=O) groups is 4. The van der Waals surface area contributed by atoms with Crippen molar-refractivity contribution in [3.05, 3.63) is 166 Å². The average molecular weight is 684 g/mol. The van der Waals surface area contributed by atoms with E-state index in [2.05, 4.69) is 29.8 Å². The van der Waals surface area contributed by atoms with Crippen LogP contribution in [-0.4, -0.2) is 28.8 Å². The molecule has 0 bridgehead atoms. The molecule has 50 heavy (non-hydrogen) atoms. The molecule has 252 valence electrons. The van der Waals surface area contributed by atoms with Gasteiger partial charge in [-0.15, -0.1) is 11.8 Å². The van der Waals surface area contributed by atoms with Gasteiger partial charge in [0.25, 0.3) is 11.8 Å². The molecule has 4 N–H and O–H groups in total. The second-order valence-electron chi connectivity index (χ2n) is 11.9. The van der Waals surface area contributed by atoms with E-state index in [1.165, 1.54) is 23.9 Å². The summed E-state index contributed by atoms with van der Waals surface area (Å²) in [6, 6.07) is 37.5. The van der Waals surface area contributed by atoms with Crippen molar-refractivity contribution >= 4 is 52.9 Å². The zero-order chi connectivity index (χ0) is 35.6. The van der Waals surface area contributed by atoms with E-state index < -0.39 is 23.0 Å². The molecule has 9 heteroatoms. The van der Waals surface area contributed by atoms with E-state index in [-0.39, 0.29) is 17.2 Å². The van der Waals surface area contributed by atoms with Gasteiger partial charge in [-0.3, -0.25) is 14.4 Å². The number of anilines is 2. The fraction of sp³-hybridized carbons (Fsp3) is 0.122. The summed E-state index contributed by atoms with van der Waals surface area (Å²) in [5, 5.41) is 17.3. The molecule has 0 heterocycles. The van der Waals surface area contributed by atoms with E-state index in [1.807, 2.05) is 60.7 Å². The second-order valence-corrected chi connectivity index (χ2v) is 13.1. The summed E-state index contributed by atoms with van der Waals surface area (Å²) >= 11 is 1.32. The Hall–Kier alpha value is -5.93. The lowest BCUT2D eigenvalue weighted by Crippen LogP contribution is -2.30. The van der Waals surface area contributed by atoms with Crippen molar-refractivity contribution in [2.24, 2.45) is 0 Å². The third-order valence-corrected chi connectivity index (χ3v) is 9.16. The van der Waals surface area contributed by atoms with Gasteiger partial charge in [0.2, 0.25) is 5.91 Å². The Balaban J connectivity index is 1.34. The van der Waals surface area contributed by atoms with Gasteiger partial charge in [0.15, 0.2) is 0 Å². The highest BCUT2D eigenvalue weighted by atomic mass is 32.2. The first-order valence-electron chi connectivity index (χ1n) is 16.0. The fourth-order valence-corrected chi connectivity index (χ4v) is 6.05. The highest BCUT2D eigenvalue weighted by Gasteiger charge is 2.23. The first kappa shape index (κ1) is 35.4. The molecule has 0 radical (unpaired) electrons. The van der Waals surface area contributed by atoms with Crippen LogP contribution in [0.5, 0.6) is 0 Å². The number of carbonyl (C=O) groups excluding carboxylic acids is 3.